The van der Waals surface area contributed by atoms with Crippen molar-refractivity contribution in [1.29, 1.82) is 0 Å². The Morgan fingerprint density at radius 3 is 3.12 bits per heavy atom. The second-order valence-corrected chi connectivity index (χ2v) is 6.22. The summed E-state index contributed by atoms with van der Waals surface area (Å²) in [7, 11) is -2.67. The molecule has 0 radical (unpaired) electrons. The van der Waals surface area contributed by atoms with Crippen LogP contribution in [-0.2, 0) is 13.8 Å². The Labute approximate surface area is 143 Å². The fourth-order valence-electron chi connectivity index (χ4n) is 2.84. The fraction of sp³-hybridized carbons (Fsp3) is 0.429. The Kier molecular flexibility index (Phi) is 5.13. The molecule has 6 N–H and O–H groups in total. The van der Waals surface area contributed by atoms with E-state index in [0.717, 1.165) is 0 Å². The standard InChI is InChI=1S/C14H16N5O5P/c15-3-1-2-8-5-19(12-11(8)13(20)18-14(16)17-12)9-4-10(23-6-9)7-24-25(21)22/h5,9-10H,3-4,6-7,15H2,(H3-,16,17,18,20,21,22)/p+1/t9-,10-/m0/s1. The van der Waals surface area contributed by atoms with Crippen LogP contribution in [-0.4, -0.2) is 45.3 Å². The zero-order valence-electron chi connectivity index (χ0n) is 13.1. The molecule has 25 heavy (non-hydrogen) atoms. The van der Waals surface area contributed by atoms with Crippen LogP contribution in [0.3, 0.4) is 0 Å². The first-order valence-electron chi connectivity index (χ1n) is 7.49. The molecular weight excluding hydrogens is 349 g/mol. The van der Waals surface area contributed by atoms with E-state index in [4.69, 9.17) is 25.6 Å². The number of rotatable bonds is 4. The average Bonchev–Trinajstić information content (AvgIpc) is 3.15. The predicted octanol–water partition coefficient (Wildman–Crippen LogP) is -0.387. The maximum atomic E-state index is 12.3. The number of aromatic nitrogens is 3. The molecule has 1 fully saturated rings. The molecule has 10 nitrogen and oxygen atoms in total. The van der Waals surface area contributed by atoms with Crippen LogP contribution in [0.15, 0.2) is 11.0 Å². The molecule has 1 aliphatic heterocycles. The van der Waals surface area contributed by atoms with Gasteiger partial charge in [0, 0.05) is 10.8 Å². The Hall–Kier alpha value is -2.28. The van der Waals surface area contributed by atoms with Crippen LogP contribution in [0.5, 0.6) is 0 Å². The van der Waals surface area contributed by atoms with Crippen molar-refractivity contribution in [2.24, 2.45) is 5.73 Å². The SMILES string of the molecule is NCC#Cc1cn([C@@H]2CO[C@H](CO[P+](=O)O)C2)c2nc(N)[nH]c(=O)c12. The van der Waals surface area contributed by atoms with Crippen molar-refractivity contribution in [2.75, 3.05) is 25.5 Å². The maximum absolute atomic E-state index is 12.3. The van der Waals surface area contributed by atoms with Gasteiger partial charge in [0.1, 0.15) is 6.61 Å². The summed E-state index contributed by atoms with van der Waals surface area (Å²) in [5.41, 5.74) is 11.6. The smallest absolute Gasteiger partial charge is 0.373 e. The minimum Gasteiger partial charge on any atom is -0.373 e. The average molecular weight is 366 g/mol. The van der Waals surface area contributed by atoms with Gasteiger partial charge in [-0.05, 0) is 6.42 Å². The number of H-pyrrole nitrogens is 1. The molecule has 1 saturated heterocycles. The van der Waals surface area contributed by atoms with E-state index < -0.39 is 8.25 Å². The molecule has 1 unspecified atom stereocenters. The quantitative estimate of drug-likeness (QED) is 0.421. The van der Waals surface area contributed by atoms with Crippen LogP contribution in [0.2, 0.25) is 0 Å². The summed E-state index contributed by atoms with van der Waals surface area (Å²) in [6, 6.07) is -0.130. The Morgan fingerprint density at radius 1 is 1.60 bits per heavy atom. The molecule has 1 aliphatic rings. The lowest BCUT2D eigenvalue weighted by Gasteiger charge is -2.11. The Balaban J connectivity index is 1.97. The number of nitrogens with one attached hydrogen (secondary N) is 1. The largest absolute Gasteiger partial charge is 0.694 e. The van der Waals surface area contributed by atoms with E-state index in [1.807, 2.05) is 0 Å². The molecule has 0 aliphatic carbocycles. The van der Waals surface area contributed by atoms with Gasteiger partial charge in [-0.1, -0.05) is 11.8 Å². The molecule has 0 saturated carbocycles. The third-order valence-electron chi connectivity index (χ3n) is 3.85. The number of aromatic amines is 1. The summed E-state index contributed by atoms with van der Waals surface area (Å²) in [6.07, 6.45) is 1.93. The van der Waals surface area contributed by atoms with Crippen LogP contribution in [0.1, 0.15) is 18.0 Å². The van der Waals surface area contributed by atoms with Crippen LogP contribution < -0.4 is 17.0 Å². The second kappa shape index (κ2) is 7.31. The number of ether oxygens (including phenoxy) is 1. The minimum atomic E-state index is -2.67. The van der Waals surface area contributed by atoms with Crippen molar-refractivity contribution >= 4 is 25.2 Å². The molecule has 0 amide bonds. The Morgan fingerprint density at radius 2 is 2.40 bits per heavy atom. The predicted molar refractivity (Wildman–Crippen MR) is 89.9 cm³/mol. The molecule has 11 heteroatoms. The molecule has 2 aromatic rings. The molecular formula is C14H17N5O5P+. The van der Waals surface area contributed by atoms with Crippen molar-refractivity contribution in [1.82, 2.24) is 14.5 Å². The lowest BCUT2D eigenvalue weighted by molar-refractivity contribution is 0.0648. The van der Waals surface area contributed by atoms with E-state index in [2.05, 4.69) is 21.8 Å². The van der Waals surface area contributed by atoms with Crippen molar-refractivity contribution in [3.63, 3.8) is 0 Å². The number of hydrogen-bond donors (Lipinski definition) is 4. The lowest BCUT2D eigenvalue weighted by atomic mass is 10.2. The zero-order valence-corrected chi connectivity index (χ0v) is 14.0. The molecule has 3 rings (SSSR count). The van der Waals surface area contributed by atoms with Crippen LogP contribution in [0.4, 0.5) is 5.95 Å². The van der Waals surface area contributed by atoms with Gasteiger partial charge in [0.25, 0.3) is 5.56 Å². The van der Waals surface area contributed by atoms with Gasteiger partial charge in [-0.3, -0.25) is 9.78 Å². The number of anilines is 1. The molecule has 0 bridgehead atoms. The Bertz CT molecular complexity index is 927. The summed E-state index contributed by atoms with van der Waals surface area (Å²) < 4.78 is 22.7. The summed E-state index contributed by atoms with van der Waals surface area (Å²) in [5.74, 6) is 5.60. The molecule has 3 atom stereocenters. The lowest BCUT2D eigenvalue weighted by Crippen LogP contribution is -2.15. The second-order valence-electron chi connectivity index (χ2n) is 5.48. The summed E-state index contributed by atoms with van der Waals surface area (Å²) in [4.78, 5) is 27.7. The first-order valence-corrected chi connectivity index (χ1v) is 8.62. The normalized spacial score (nSPS) is 20.5. The van der Waals surface area contributed by atoms with Gasteiger partial charge in [0.15, 0.2) is 5.65 Å². The number of fused-ring (bicyclic) bond motifs is 1. The van der Waals surface area contributed by atoms with E-state index in [1.165, 1.54) is 0 Å². The highest BCUT2D eigenvalue weighted by molar-refractivity contribution is 7.32. The monoisotopic (exact) mass is 366 g/mol. The van der Waals surface area contributed by atoms with Gasteiger partial charge in [0.05, 0.1) is 36.2 Å². The molecule has 0 aromatic carbocycles. The van der Waals surface area contributed by atoms with Gasteiger partial charge in [0.2, 0.25) is 5.95 Å². The van der Waals surface area contributed by atoms with E-state index in [9.17, 15) is 9.36 Å². The fourth-order valence-corrected chi connectivity index (χ4v) is 3.13. The highest BCUT2D eigenvalue weighted by Crippen LogP contribution is 2.30. The van der Waals surface area contributed by atoms with Crippen LogP contribution in [0.25, 0.3) is 11.0 Å². The molecule has 3 heterocycles. The topological polar surface area (TPSA) is 158 Å². The van der Waals surface area contributed by atoms with Crippen molar-refractivity contribution < 1.29 is 18.7 Å². The van der Waals surface area contributed by atoms with E-state index in [-0.39, 0.29) is 36.8 Å². The number of nitrogens with zero attached hydrogens (tertiary/aromatic N) is 2. The third-order valence-corrected chi connectivity index (χ3v) is 4.22. The summed E-state index contributed by atoms with van der Waals surface area (Å²) in [5, 5.41) is 0.341. The molecule has 132 valence electrons. The van der Waals surface area contributed by atoms with E-state index in [0.29, 0.717) is 29.6 Å². The van der Waals surface area contributed by atoms with Crippen molar-refractivity contribution in [2.45, 2.75) is 18.6 Å². The highest BCUT2D eigenvalue weighted by Gasteiger charge is 2.31. The number of nitrogen functional groups attached to an aromatic ring is 1. The van der Waals surface area contributed by atoms with Crippen LogP contribution >= 0.6 is 8.25 Å². The van der Waals surface area contributed by atoms with Crippen LogP contribution in [0, 0.1) is 11.8 Å². The summed E-state index contributed by atoms with van der Waals surface area (Å²) in [6.45, 7) is 0.522. The maximum Gasteiger partial charge on any atom is 0.694 e. The number of nitrogens with two attached hydrogens (primary N) is 2. The summed E-state index contributed by atoms with van der Waals surface area (Å²) >= 11 is 0. The van der Waals surface area contributed by atoms with E-state index in [1.54, 1.807) is 10.8 Å². The minimum absolute atomic E-state index is 0.00580. The van der Waals surface area contributed by atoms with E-state index >= 15 is 0 Å². The first kappa shape index (κ1) is 17.5. The highest BCUT2D eigenvalue weighted by atomic mass is 31.1. The molecule has 2 aromatic heterocycles. The van der Waals surface area contributed by atoms with Gasteiger partial charge in [-0.25, -0.2) is 0 Å². The van der Waals surface area contributed by atoms with Gasteiger partial charge in [-0.2, -0.15) is 4.98 Å². The van der Waals surface area contributed by atoms with Gasteiger partial charge in [-0.15, -0.1) is 9.42 Å². The van der Waals surface area contributed by atoms with Crippen molar-refractivity contribution in [3.8, 4) is 11.8 Å². The molecule has 0 spiro atoms. The van der Waals surface area contributed by atoms with Gasteiger partial charge >= 0.3 is 8.25 Å². The van der Waals surface area contributed by atoms with Crippen molar-refractivity contribution in [3.05, 3.63) is 22.1 Å². The third kappa shape index (κ3) is 3.71. The van der Waals surface area contributed by atoms with Gasteiger partial charge < -0.3 is 20.8 Å². The number of hydrogen-bond acceptors (Lipinski definition) is 7. The first-order chi connectivity index (χ1) is 12.0. The zero-order chi connectivity index (χ0) is 18.0.